The Balaban J connectivity index is 2.13. The van der Waals surface area contributed by atoms with Crippen LogP contribution in [0.3, 0.4) is 0 Å². The predicted molar refractivity (Wildman–Crippen MR) is 76.6 cm³/mol. The second-order valence-electron chi connectivity index (χ2n) is 3.94. The molecule has 0 aliphatic carbocycles. The highest BCUT2D eigenvalue weighted by Gasteiger charge is 2.10. The number of amides is 1. The molecule has 0 spiro atoms. The van der Waals surface area contributed by atoms with E-state index in [-0.39, 0.29) is 5.91 Å². The third kappa shape index (κ3) is 3.14. The molecule has 1 aromatic carbocycles. The standard InChI is InChI=1S/C13H14BrN3O2/c1-3-9-7-12(17-16-9)15-13(18)8-4-5-11(19-2)10(14)6-8/h4-7H,3H2,1-2H3,(H2,15,16,17,18). The van der Waals surface area contributed by atoms with Crippen LogP contribution in [0.5, 0.6) is 5.75 Å². The van der Waals surface area contributed by atoms with Gasteiger partial charge in [-0.2, -0.15) is 5.10 Å². The van der Waals surface area contributed by atoms with E-state index in [1.807, 2.05) is 13.0 Å². The molecule has 0 saturated carbocycles. The van der Waals surface area contributed by atoms with Crippen LogP contribution in [0, 0.1) is 0 Å². The average Bonchev–Trinajstić information content (AvgIpc) is 2.86. The summed E-state index contributed by atoms with van der Waals surface area (Å²) in [5.41, 5.74) is 1.51. The third-order valence-electron chi connectivity index (χ3n) is 2.67. The number of methoxy groups -OCH3 is 1. The minimum atomic E-state index is -0.211. The highest BCUT2D eigenvalue weighted by molar-refractivity contribution is 9.10. The Kier molecular flexibility index (Phi) is 4.21. The monoisotopic (exact) mass is 323 g/mol. The number of anilines is 1. The van der Waals surface area contributed by atoms with Crippen molar-refractivity contribution in [1.29, 1.82) is 0 Å². The lowest BCUT2D eigenvalue weighted by Gasteiger charge is -2.06. The van der Waals surface area contributed by atoms with Crippen LogP contribution in [-0.4, -0.2) is 23.2 Å². The third-order valence-corrected chi connectivity index (χ3v) is 3.29. The zero-order valence-corrected chi connectivity index (χ0v) is 12.2. The fourth-order valence-electron chi connectivity index (χ4n) is 1.60. The molecule has 2 aromatic rings. The summed E-state index contributed by atoms with van der Waals surface area (Å²) in [5.74, 6) is 0.996. The number of carbonyl (C=O) groups is 1. The maximum absolute atomic E-state index is 12.0. The van der Waals surface area contributed by atoms with E-state index in [4.69, 9.17) is 4.74 Å². The zero-order valence-electron chi connectivity index (χ0n) is 10.7. The van der Waals surface area contributed by atoms with Gasteiger partial charge in [-0.3, -0.25) is 9.89 Å². The van der Waals surface area contributed by atoms with E-state index in [0.717, 1.165) is 16.6 Å². The van der Waals surface area contributed by atoms with Crippen molar-refractivity contribution in [3.05, 3.63) is 40.0 Å². The topological polar surface area (TPSA) is 67.0 Å². The number of H-pyrrole nitrogens is 1. The first-order valence-electron chi connectivity index (χ1n) is 5.83. The Morgan fingerprint density at radius 2 is 2.26 bits per heavy atom. The number of rotatable bonds is 4. The van der Waals surface area contributed by atoms with Gasteiger partial charge in [0.2, 0.25) is 0 Å². The molecule has 0 bridgehead atoms. The van der Waals surface area contributed by atoms with E-state index in [1.165, 1.54) is 0 Å². The number of carbonyl (C=O) groups excluding carboxylic acids is 1. The zero-order chi connectivity index (χ0) is 13.8. The molecule has 0 aliphatic rings. The lowest BCUT2D eigenvalue weighted by Crippen LogP contribution is -2.12. The molecule has 1 heterocycles. The number of nitrogens with one attached hydrogen (secondary N) is 2. The Hall–Kier alpha value is -1.82. The first-order chi connectivity index (χ1) is 9.13. The summed E-state index contributed by atoms with van der Waals surface area (Å²) in [5, 5.41) is 9.60. The Labute approximate surface area is 119 Å². The van der Waals surface area contributed by atoms with Crippen molar-refractivity contribution in [2.45, 2.75) is 13.3 Å². The fraction of sp³-hybridized carbons (Fsp3) is 0.231. The van der Waals surface area contributed by atoms with Crippen LogP contribution < -0.4 is 10.1 Å². The Morgan fingerprint density at radius 1 is 1.47 bits per heavy atom. The lowest BCUT2D eigenvalue weighted by atomic mass is 10.2. The molecule has 2 N–H and O–H groups in total. The van der Waals surface area contributed by atoms with Crippen LogP contribution in [0.2, 0.25) is 0 Å². The van der Waals surface area contributed by atoms with Crippen LogP contribution in [-0.2, 0) is 6.42 Å². The van der Waals surface area contributed by atoms with E-state index in [2.05, 4.69) is 31.4 Å². The van der Waals surface area contributed by atoms with E-state index < -0.39 is 0 Å². The number of halogens is 1. The molecule has 5 nitrogen and oxygen atoms in total. The van der Waals surface area contributed by atoms with Gasteiger partial charge in [0.15, 0.2) is 5.82 Å². The molecule has 2 rings (SSSR count). The van der Waals surface area contributed by atoms with Crippen molar-refractivity contribution in [1.82, 2.24) is 10.2 Å². The molecule has 1 aromatic heterocycles. The van der Waals surface area contributed by atoms with E-state index in [0.29, 0.717) is 17.1 Å². The van der Waals surface area contributed by atoms with Crippen LogP contribution in [0.4, 0.5) is 5.82 Å². The van der Waals surface area contributed by atoms with Crippen molar-refractivity contribution in [2.24, 2.45) is 0 Å². The summed E-state index contributed by atoms with van der Waals surface area (Å²) in [4.78, 5) is 12.0. The molecule has 100 valence electrons. The normalized spacial score (nSPS) is 10.3. The number of hydrogen-bond acceptors (Lipinski definition) is 3. The molecule has 0 fully saturated rings. The summed E-state index contributed by atoms with van der Waals surface area (Å²) >= 11 is 3.35. The first-order valence-corrected chi connectivity index (χ1v) is 6.62. The number of aromatic amines is 1. The van der Waals surface area contributed by atoms with E-state index in [9.17, 15) is 4.79 Å². The summed E-state index contributed by atoms with van der Waals surface area (Å²) in [6.45, 7) is 2.01. The molecule has 0 saturated heterocycles. The smallest absolute Gasteiger partial charge is 0.256 e. The van der Waals surface area contributed by atoms with Gasteiger partial charge in [0.1, 0.15) is 5.75 Å². The van der Waals surface area contributed by atoms with Gasteiger partial charge in [-0.1, -0.05) is 6.92 Å². The van der Waals surface area contributed by atoms with Gasteiger partial charge in [0, 0.05) is 17.3 Å². The minimum Gasteiger partial charge on any atom is -0.496 e. The van der Waals surface area contributed by atoms with Crippen LogP contribution in [0.25, 0.3) is 0 Å². The molecule has 0 atom stereocenters. The number of hydrogen-bond donors (Lipinski definition) is 2. The maximum Gasteiger partial charge on any atom is 0.256 e. The van der Waals surface area contributed by atoms with Crippen LogP contribution in [0.15, 0.2) is 28.7 Å². The molecule has 0 unspecified atom stereocenters. The lowest BCUT2D eigenvalue weighted by molar-refractivity contribution is 0.102. The van der Waals surface area contributed by atoms with Gasteiger partial charge in [-0.15, -0.1) is 0 Å². The predicted octanol–water partition coefficient (Wildman–Crippen LogP) is 3.00. The van der Waals surface area contributed by atoms with Gasteiger partial charge < -0.3 is 10.1 Å². The molecule has 0 aliphatic heterocycles. The number of nitrogens with zero attached hydrogens (tertiary/aromatic N) is 1. The molecular formula is C13H14BrN3O2. The molecule has 1 amide bonds. The largest absolute Gasteiger partial charge is 0.496 e. The van der Waals surface area contributed by atoms with E-state index >= 15 is 0 Å². The maximum atomic E-state index is 12.0. The van der Waals surface area contributed by atoms with Crippen molar-refractivity contribution < 1.29 is 9.53 Å². The SMILES string of the molecule is CCc1cc(NC(=O)c2ccc(OC)c(Br)c2)n[nH]1. The van der Waals surface area contributed by atoms with Gasteiger partial charge in [-0.25, -0.2) is 0 Å². The summed E-state index contributed by atoms with van der Waals surface area (Å²) in [7, 11) is 1.58. The molecule has 6 heteroatoms. The summed E-state index contributed by atoms with van der Waals surface area (Å²) in [6.07, 6.45) is 0.844. The number of ether oxygens (including phenoxy) is 1. The molecule has 0 radical (unpaired) electrons. The molecule has 19 heavy (non-hydrogen) atoms. The quantitative estimate of drug-likeness (QED) is 0.908. The van der Waals surface area contributed by atoms with Gasteiger partial charge in [0.05, 0.1) is 11.6 Å². The highest BCUT2D eigenvalue weighted by atomic mass is 79.9. The van der Waals surface area contributed by atoms with Crippen molar-refractivity contribution in [3.8, 4) is 5.75 Å². The van der Waals surface area contributed by atoms with Gasteiger partial charge >= 0.3 is 0 Å². The fourth-order valence-corrected chi connectivity index (χ4v) is 2.14. The van der Waals surface area contributed by atoms with Crippen molar-refractivity contribution in [2.75, 3.05) is 12.4 Å². The summed E-state index contributed by atoms with van der Waals surface area (Å²) in [6, 6.07) is 6.96. The van der Waals surface area contributed by atoms with Crippen molar-refractivity contribution in [3.63, 3.8) is 0 Å². The van der Waals surface area contributed by atoms with Crippen LogP contribution >= 0.6 is 15.9 Å². The second-order valence-corrected chi connectivity index (χ2v) is 4.79. The second kappa shape index (κ2) is 5.88. The summed E-state index contributed by atoms with van der Waals surface area (Å²) < 4.78 is 5.86. The van der Waals surface area contributed by atoms with E-state index in [1.54, 1.807) is 25.3 Å². The number of aromatic nitrogens is 2. The Bertz CT molecular complexity index is 595. The minimum absolute atomic E-state index is 0.211. The number of aryl methyl sites for hydroxylation is 1. The average molecular weight is 324 g/mol. The molecular weight excluding hydrogens is 310 g/mol. The van der Waals surface area contributed by atoms with Crippen LogP contribution in [0.1, 0.15) is 23.0 Å². The Morgan fingerprint density at radius 3 is 2.84 bits per heavy atom. The highest BCUT2D eigenvalue weighted by Crippen LogP contribution is 2.25. The van der Waals surface area contributed by atoms with Crippen molar-refractivity contribution >= 4 is 27.7 Å². The van der Waals surface area contributed by atoms with Gasteiger partial charge in [0.25, 0.3) is 5.91 Å². The first kappa shape index (κ1) is 13.6. The number of benzene rings is 1. The van der Waals surface area contributed by atoms with Gasteiger partial charge in [-0.05, 0) is 40.5 Å².